The van der Waals surface area contributed by atoms with Gasteiger partial charge in [0.1, 0.15) is 0 Å². The summed E-state index contributed by atoms with van der Waals surface area (Å²) in [4.78, 5) is 15.0. The number of nitrogens with zero attached hydrogens (tertiary/aromatic N) is 3. The number of aryl methyl sites for hydroxylation is 2. The van der Waals surface area contributed by atoms with Crippen LogP contribution in [0.25, 0.3) is 0 Å². The number of hydrogen-bond donors (Lipinski definition) is 1. The van der Waals surface area contributed by atoms with Gasteiger partial charge >= 0.3 is 0 Å². The molecule has 1 aliphatic rings. The topological polar surface area (TPSA) is 58.4 Å². The number of hydrogen-bond acceptors (Lipinski definition) is 3. The number of likely N-dealkylation sites (tertiary alicyclic amines) is 1. The summed E-state index contributed by atoms with van der Waals surface area (Å²) >= 11 is 0. The zero-order valence-electron chi connectivity index (χ0n) is 14.4. The van der Waals surface area contributed by atoms with E-state index >= 15 is 0 Å². The molecular weight excluding hydrogens is 302 g/mol. The summed E-state index contributed by atoms with van der Waals surface area (Å²) in [6, 6.07) is 10.1. The van der Waals surface area contributed by atoms with Crippen LogP contribution >= 0.6 is 0 Å². The minimum absolute atomic E-state index is 0.0116. The number of amides is 1. The Hall–Kier alpha value is -2.14. The van der Waals surface area contributed by atoms with Gasteiger partial charge in [0.15, 0.2) is 0 Å². The summed E-state index contributed by atoms with van der Waals surface area (Å²) in [6.07, 6.45) is 4.94. The summed E-state index contributed by atoms with van der Waals surface area (Å²) in [5.41, 5.74) is 2.11. The highest BCUT2D eigenvalue weighted by Gasteiger charge is 2.44. The van der Waals surface area contributed by atoms with Crippen molar-refractivity contribution in [2.45, 2.75) is 38.1 Å². The van der Waals surface area contributed by atoms with E-state index in [-0.39, 0.29) is 12.5 Å². The van der Waals surface area contributed by atoms with Gasteiger partial charge in [-0.05, 0) is 31.2 Å². The van der Waals surface area contributed by atoms with E-state index in [1.165, 1.54) is 0 Å². The Bertz CT molecular complexity index is 711. The molecule has 2 aromatic rings. The van der Waals surface area contributed by atoms with Crippen LogP contribution in [0.5, 0.6) is 0 Å². The number of benzene rings is 1. The van der Waals surface area contributed by atoms with Crippen LogP contribution in [0.1, 0.15) is 41.4 Å². The van der Waals surface area contributed by atoms with Gasteiger partial charge in [0.25, 0.3) is 5.91 Å². The molecule has 2 heterocycles. The zero-order chi connectivity index (χ0) is 17.2. The van der Waals surface area contributed by atoms with Gasteiger partial charge in [-0.3, -0.25) is 9.48 Å². The highest BCUT2D eigenvalue weighted by molar-refractivity contribution is 5.96. The van der Waals surface area contributed by atoms with Gasteiger partial charge < -0.3 is 10.0 Å². The Morgan fingerprint density at radius 1 is 1.33 bits per heavy atom. The lowest BCUT2D eigenvalue weighted by molar-refractivity contribution is 0.0411. The smallest absolute Gasteiger partial charge is 0.257 e. The number of rotatable bonds is 5. The highest BCUT2D eigenvalue weighted by Crippen LogP contribution is 2.34. The van der Waals surface area contributed by atoms with Crippen LogP contribution in [0.2, 0.25) is 0 Å². The summed E-state index contributed by atoms with van der Waals surface area (Å²) in [7, 11) is 1.84. The van der Waals surface area contributed by atoms with Gasteiger partial charge in [-0.1, -0.05) is 37.3 Å². The molecule has 24 heavy (non-hydrogen) atoms. The SMILES string of the molecule is CCc1nn(C)cc1C(=O)N1CCCC1(CO)Cc1ccccc1. The van der Waals surface area contributed by atoms with E-state index < -0.39 is 5.54 Å². The number of aromatic nitrogens is 2. The quantitative estimate of drug-likeness (QED) is 0.916. The Kier molecular flexibility index (Phi) is 4.71. The fraction of sp³-hybridized carbons (Fsp3) is 0.474. The molecule has 1 aromatic carbocycles. The van der Waals surface area contributed by atoms with Gasteiger partial charge in [0, 0.05) is 19.8 Å². The van der Waals surface area contributed by atoms with Crippen LogP contribution in [-0.2, 0) is 19.9 Å². The van der Waals surface area contributed by atoms with Crippen LogP contribution in [0.3, 0.4) is 0 Å². The van der Waals surface area contributed by atoms with E-state index in [9.17, 15) is 9.90 Å². The number of carbonyl (C=O) groups excluding carboxylic acids is 1. The summed E-state index contributed by atoms with van der Waals surface area (Å²) in [5, 5.41) is 14.5. The Morgan fingerprint density at radius 3 is 2.75 bits per heavy atom. The van der Waals surface area contributed by atoms with Gasteiger partial charge in [-0.25, -0.2) is 0 Å². The first-order chi connectivity index (χ1) is 11.6. The van der Waals surface area contributed by atoms with Gasteiger partial charge in [0.2, 0.25) is 0 Å². The second kappa shape index (κ2) is 6.77. The van der Waals surface area contributed by atoms with Gasteiger partial charge in [-0.15, -0.1) is 0 Å². The average molecular weight is 327 g/mol. The van der Waals surface area contributed by atoms with Crippen molar-refractivity contribution in [3.63, 3.8) is 0 Å². The van der Waals surface area contributed by atoms with E-state index in [4.69, 9.17) is 0 Å². The maximum atomic E-state index is 13.2. The summed E-state index contributed by atoms with van der Waals surface area (Å²) < 4.78 is 1.69. The molecule has 0 saturated carbocycles. The maximum absolute atomic E-state index is 13.2. The molecule has 1 N–H and O–H groups in total. The second-order valence-corrected chi connectivity index (χ2v) is 6.62. The Morgan fingerprint density at radius 2 is 2.08 bits per heavy atom. The Labute approximate surface area is 142 Å². The summed E-state index contributed by atoms with van der Waals surface area (Å²) in [6.45, 7) is 2.67. The normalized spacial score (nSPS) is 20.5. The van der Waals surface area contributed by atoms with Crippen molar-refractivity contribution < 1.29 is 9.90 Å². The van der Waals surface area contributed by atoms with Crippen molar-refractivity contribution in [1.29, 1.82) is 0 Å². The van der Waals surface area contributed by atoms with Crippen LogP contribution < -0.4 is 0 Å². The molecule has 0 aliphatic carbocycles. The molecule has 1 fully saturated rings. The third kappa shape index (κ3) is 2.96. The van der Waals surface area contributed by atoms with Crippen molar-refractivity contribution in [3.8, 4) is 0 Å². The molecule has 1 aliphatic heterocycles. The van der Waals surface area contributed by atoms with Crippen molar-refractivity contribution in [3.05, 3.63) is 53.3 Å². The van der Waals surface area contributed by atoms with Crippen molar-refractivity contribution in [2.75, 3.05) is 13.2 Å². The molecule has 1 atom stereocenters. The molecule has 1 amide bonds. The first-order valence-electron chi connectivity index (χ1n) is 8.59. The largest absolute Gasteiger partial charge is 0.394 e. The molecule has 5 heteroatoms. The van der Waals surface area contributed by atoms with E-state index in [2.05, 4.69) is 17.2 Å². The molecule has 1 saturated heterocycles. The van der Waals surface area contributed by atoms with Crippen LogP contribution in [-0.4, -0.2) is 44.4 Å². The molecular formula is C19H25N3O2. The predicted molar refractivity (Wildman–Crippen MR) is 92.8 cm³/mol. The lowest BCUT2D eigenvalue weighted by atomic mass is 9.88. The highest BCUT2D eigenvalue weighted by atomic mass is 16.3. The summed E-state index contributed by atoms with van der Waals surface area (Å²) in [5.74, 6) is -0.0116. The number of aliphatic hydroxyl groups is 1. The van der Waals surface area contributed by atoms with E-state index in [1.54, 1.807) is 10.9 Å². The van der Waals surface area contributed by atoms with Crippen molar-refractivity contribution in [1.82, 2.24) is 14.7 Å². The molecule has 3 rings (SSSR count). The standard InChI is InChI=1S/C19H25N3O2/c1-3-17-16(13-21(2)20-17)18(24)22-11-7-10-19(22,14-23)12-15-8-5-4-6-9-15/h4-6,8-9,13,23H,3,7,10-12,14H2,1-2H3. The Balaban J connectivity index is 1.91. The molecule has 0 spiro atoms. The molecule has 1 unspecified atom stereocenters. The first-order valence-corrected chi connectivity index (χ1v) is 8.59. The molecule has 5 nitrogen and oxygen atoms in total. The van der Waals surface area contributed by atoms with Crippen LogP contribution in [0.15, 0.2) is 36.5 Å². The van der Waals surface area contributed by atoms with Crippen LogP contribution in [0.4, 0.5) is 0 Å². The molecule has 0 bridgehead atoms. The third-order valence-electron chi connectivity index (χ3n) is 4.98. The van der Waals surface area contributed by atoms with E-state index in [1.807, 2.05) is 37.1 Å². The lowest BCUT2D eigenvalue weighted by Gasteiger charge is -2.37. The number of carbonyl (C=O) groups is 1. The minimum atomic E-state index is -0.515. The molecule has 128 valence electrons. The molecule has 1 aromatic heterocycles. The van der Waals surface area contributed by atoms with Crippen molar-refractivity contribution in [2.24, 2.45) is 7.05 Å². The minimum Gasteiger partial charge on any atom is -0.394 e. The van der Waals surface area contributed by atoms with Crippen LogP contribution in [0, 0.1) is 0 Å². The van der Waals surface area contributed by atoms with Gasteiger partial charge in [0.05, 0.1) is 23.4 Å². The first kappa shape index (κ1) is 16.7. The average Bonchev–Trinajstić information content (AvgIpc) is 3.19. The number of aliphatic hydroxyl groups excluding tert-OH is 1. The van der Waals surface area contributed by atoms with E-state index in [0.717, 1.165) is 30.5 Å². The monoisotopic (exact) mass is 327 g/mol. The fourth-order valence-electron chi connectivity index (χ4n) is 3.75. The lowest BCUT2D eigenvalue weighted by Crippen LogP contribution is -2.51. The molecule has 0 radical (unpaired) electrons. The van der Waals surface area contributed by atoms with Crippen molar-refractivity contribution >= 4 is 5.91 Å². The maximum Gasteiger partial charge on any atom is 0.257 e. The third-order valence-corrected chi connectivity index (χ3v) is 4.98. The van der Waals surface area contributed by atoms with E-state index in [0.29, 0.717) is 18.5 Å². The zero-order valence-corrected chi connectivity index (χ0v) is 14.4. The second-order valence-electron chi connectivity index (χ2n) is 6.62. The fourth-order valence-corrected chi connectivity index (χ4v) is 3.75. The predicted octanol–water partition coefficient (Wildman–Crippen LogP) is 2.19. The van der Waals surface area contributed by atoms with Gasteiger partial charge in [-0.2, -0.15) is 5.10 Å².